The molecule has 1 heterocycles. The van der Waals surface area contributed by atoms with E-state index < -0.39 is 6.04 Å². The van der Waals surface area contributed by atoms with E-state index in [-0.39, 0.29) is 24.3 Å². The minimum absolute atomic E-state index is 0.00800. The van der Waals surface area contributed by atoms with Gasteiger partial charge in [0.1, 0.15) is 0 Å². The minimum atomic E-state index is -0.632. The molecule has 0 saturated heterocycles. The van der Waals surface area contributed by atoms with Crippen LogP contribution in [0.4, 0.5) is 5.82 Å². The van der Waals surface area contributed by atoms with Crippen LogP contribution in [-0.2, 0) is 9.59 Å². The van der Waals surface area contributed by atoms with Crippen LogP contribution in [0.15, 0.2) is 18.3 Å². The number of nitrogens with zero attached hydrogens (tertiary/aromatic N) is 1. The smallest absolute Gasteiger partial charge is 0.245 e. The molecule has 26 heavy (non-hydrogen) atoms. The number of hydrogen-bond acceptors (Lipinski definition) is 5. The maximum atomic E-state index is 12.1. The Hall–Kier alpha value is -2.15. The first kappa shape index (κ1) is 20.2. The van der Waals surface area contributed by atoms with Crippen molar-refractivity contribution in [3.63, 3.8) is 0 Å². The first-order valence-corrected chi connectivity index (χ1v) is 9.38. The number of carbonyl (C=O) groups is 2. The Morgan fingerprint density at radius 2 is 2.04 bits per heavy atom. The van der Waals surface area contributed by atoms with Crippen molar-refractivity contribution in [2.75, 3.05) is 18.5 Å². The van der Waals surface area contributed by atoms with Crippen LogP contribution >= 0.6 is 0 Å². The molecule has 1 atom stereocenters. The summed E-state index contributed by atoms with van der Waals surface area (Å²) in [6, 6.07) is 2.93. The highest BCUT2D eigenvalue weighted by Gasteiger charge is 2.19. The maximum Gasteiger partial charge on any atom is 0.245 e. The number of anilines is 1. The molecule has 0 bridgehead atoms. The molecule has 0 unspecified atom stereocenters. The molecule has 0 spiro atoms. The van der Waals surface area contributed by atoms with E-state index in [0.717, 1.165) is 0 Å². The van der Waals surface area contributed by atoms with E-state index in [1.807, 2.05) is 13.8 Å². The van der Waals surface area contributed by atoms with Gasteiger partial charge in [0.05, 0.1) is 19.2 Å². The van der Waals surface area contributed by atoms with Crippen LogP contribution in [0.25, 0.3) is 0 Å². The molecular formula is C19H30N4O3. The van der Waals surface area contributed by atoms with Gasteiger partial charge in [-0.25, -0.2) is 4.98 Å². The average molecular weight is 362 g/mol. The van der Waals surface area contributed by atoms with Crippen molar-refractivity contribution in [2.45, 2.75) is 52.0 Å². The molecule has 1 aromatic rings. The molecule has 144 valence electrons. The van der Waals surface area contributed by atoms with E-state index in [2.05, 4.69) is 15.6 Å². The minimum Gasteiger partial charge on any atom is -0.489 e. The molecule has 1 aliphatic carbocycles. The van der Waals surface area contributed by atoms with Gasteiger partial charge in [-0.05, 0) is 36.8 Å². The summed E-state index contributed by atoms with van der Waals surface area (Å²) >= 11 is 0. The Kier molecular flexibility index (Phi) is 7.84. The van der Waals surface area contributed by atoms with Crippen molar-refractivity contribution in [3.8, 4) is 5.75 Å². The fourth-order valence-electron chi connectivity index (χ4n) is 2.93. The predicted octanol–water partition coefficient (Wildman–Crippen LogP) is 2.08. The lowest BCUT2D eigenvalue weighted by Crippen LogP contribution is -2.46. The number of ether oxygens (including phenoxy) is 1. The number of rotatable bonds is 8. The van der Waals surface area contributed by atoms with Crippen molar-refractivity contribution in [3.05, 3.63) is 18.3 Å². The van der Waals surface area contributed by atoms with Crippen molar-refractivity contribution >= 4 is 17.6 Å². The Morgan fingerprint density at radius 3 is 2.73 bits per heavy atom. The molecule has 1 aliphatic rings. The summed E-state index contributed by atoms with van der Waals surface area (Å²) in [6.07, 6.45) is 7.77. The molecular weight excluding hydrogens is 332 g/mol. The monoisotopic (exact) mass is 362 g/mol. The largest absolute Gasteiger partial charge is 0.489 e. The highest BCUT2D eigenvalue weighted by Crippen LogP contribution is 2.26. The van der Waals surface area contributed by atoms with Crippen LogP contribution in [0.5, 0.6) is 5.75 Å². The summed E-state index contributed by atoms with van der Waals surface area (Å²) in [6.45, 7) is 4.19. The zero-order valence-electron chi connectivity index (χ0n) is 15.7. The number of nitrogens with one attached hydrogen (secondary N) is 2. The molecule has 0 aromatic carbocycles. The number of aromatic nitrogens is 1. The molecule has 1 saturated carbocycles. The number of pyridine rings is 1. The summed E-state index contributed by atoms with van der Waals surface area (Å²) in [5.41, 5.74) is 5.76. The summed E-state index contributed by atoms with van der Waals surface area (Å²) < 4.78 is 5.89. The number of nitrogens with two attached hydrogens (primary N) is 1. The quantitative estimate of drug-likeness (QED) is 0.656. The first-order valence-electron chi connectivity index (χ1n) is 9.38. The maximum absolute atomic E-state index is 12.1. The van der Waals surface area contributed by atoms with Gasteiger partial charge in [0.25, 0.3) is 0 Å². The van der Waals surface area contributed by atoms with Crippen molar-refractivity contribution in [1.82, 2.24) is 10.3 Å². The second-order valence-corrected chi connectivity index (χ2v) is 7.20. The fourth-order valence-corrected chi connectivity index (χ4v) is 2.93. The lowest BCUT2D eigenvalue weighted by atomic mass is 9.90. The molecule has 4 N–H and O–H groups in total. The SMILES string of the molecule is CC(C)[C@H](N)C(=O)NCC(=O)Nc1ncccc1OCC1CCCCC1. The Morgan fingerprint density at radius 1 is 1.31 bits per heavy atom. The lowest BCUT2D eigenvalue weighted by Gasteiger charge is -2.22. The average Bonchev–Trinajstić information content (AvgIpc) is 2.65. The van der Waals surface area contributed by atoms with E-state index in [4.69, 9.17) is 10.5 Å². The summed E-state index contributed by atoms with van der Waals surface area (Å²) in [7, 11) is 0. The van der Waals surface area contributed by atoms with Gasteiger partial charge in [-0.2, -0.15) is 0 Å². The number of carbonyl (C=O) groups excluding carboxylic acids is 2. The van der Waals surface area contributed by atoms with Crippen molar-refractivity contribution in [1.29, 1.82) is 0 Å². The van der Waals surface area contributed by atoms with Crippen molar-refractivity contribution < 1.29 is 14.3 Å². The molecule has 1 aromatic heterocycles. The summed E-state index contributed by atoms with van der Waals surface area (Å²) in [5.74, 6) is 0.783. The van der Waals surface area contributed by atoms with Gasteiger partial charge in [0.2, 0.25) is 11.8 Å². The number of hydrogen-bond donors (Lipinski definition) is 3. The highest BCUT2D eigenvalue weighted by molar-refractivity contribution is 5.95. The molecule has 2 amide bonds. The molecule has 7 heteroatoms. The van der Waals surface area contributed by atoms with E-state index in [9.17, 15) is 9.59 Å². The van der Waals surface area contributed by atoms with Gasteiger partial charge < -0.3 is 21.1 Å². The van der Waals surface area contributed by atoms with Crippen LogP contribution in [0.1, 0.15) is 46.0 Å². The van der Waals surface area contributed by atoms with Crippen molar-refractivity contribution in [2.24, 2.45) is 17.6 Å². The standard InChI is InChI=1S/C19H30N4O3/c1-13(2)17(20)19(25)22-11-16(24)23-18-15(9-6-10-21-18)26-12-14-7-4-3-5-8-14/h6,9-10,13-14,17H,3-5,7-8,11-12,20H2,1-2H3,(H,22,25)(H,21,23,24)/t17-/m0/s1. The molecule has 0 radical (unpaired) electrons. The zero-order chi connectivity index (χ0) is 18.9. The number of amides is 2. The van der Waals surface area contributed by atoms with Gasteiger partial charge in [0, 0.05) is 6.20 Å². The predicted molar refractivity (Wildman–Crippen MR) is 101 cm³/mol. The Balaban J connectivity index is 1.84. The van der Waals surface area contributed by atoms with Crippen LogP contribution in [-0.4, -0.2) is 36.0 Å². The van der Waals surface area contributed by atoms with E-state index in [0.29, 0.717) is 24.1 Å². The normalized spacial score (nSPS) is 16.2. The fraction of sp³-hybridized carbons (Fsp3) is 0.632. The van der Waals surface area contributed by atoms with Gasteiger partial charge in [-0.3, -0.25) is 9.59 Å². The third-order valence-electron chi connectivity index (χ3n) is 4.67. The Labute approximate surface area is 155 Å². The second-order valence-electron chi connectivity index (χ2n) is 7.20. The van der Waals surface area contributed by atoms with E-state index >= 15 is 0 Å². The van der Waals surface area contributed by atoms with E-state index in [1.54, 1.807) is 18.3 Å². The van der Waals surface area contributed by atoms with Gasteiger partial charge in [0.15, 0.2) is 11.6 Å². The van der Waals surface area contributed by atoms with Gasteiger partial charge in [-0.15, -0.1) is 0 Å². The Bertz CT molecular complexity index is 600. The topological polar surface area (TPSA) is 106 Å². The summed E-state index contributed by atoms with van der Waals surface area (Å²) in [4.78, 5) is 28.1. The summed E-state index contributed by atoms with van der Waals surface area (Å²) in [5, 5.41) is 5.23. The third-order valence-corrected chi connectivity index (χ3v) is 4.67. The highest BCUT2D eigenvalue weighted by atomic mass is 16.5. The van der Waals surface area contributed by atoms with Crippen LogP contribution < -0.4 is 21.1 Å². The lowest BCUT2D eigenvalue weighted by molar-refractivity contribution is -0.125. The zero-order valence-corrected chi connectivity index (χ0v) is 15.7. The van der Waals surface area contributed by atoms with E-state index in [1.165, 1.54) is 32.1 Å². The van der Waals surface area contributed by atoms with Crippen LogP contribution in [0.2, 0.25) is 0 Å². The molecule has 0 aliphatic heterocycles. The second kappa shape index (κ2) is 10.1. The molecule has 7 nitrogen and oxygen atoms in total. The van der Waals surface area contributed by atoms with Gasteiger partial charge in [-0.1, -0.05) is 33.1 Å². The van der Waals surface area contributed by atoms with Crippen LogP contribution in [0, 0.1) is 11.8 Å². The third kappa shape index (κ3) is 6.29. The van der Waals surface area contributed by atoms with Gasteiger partial charge >= 0.3 is 0 Å². The van der Waals surface area contributed by atoms with Crippen LogP contribution in [0.3, 0.4) is 0 Å². The molecule has 2 rings (SSSR count). The molecule has 1 fully saturated rings. The first-order chi connectivity index (χ1) is 12.5.